The summed E-state index contributed by atoms with van der Waals surface area (Å²) in [6.07, 6.45) is 1.65. The molecule has 0 aliphatic heterocycles. The fourth-order valence-electron chi connectivity index (χ4n) is 2.57. The van der Waals surface area contributed by atoms with Crippen molar-refractivity contribution < 1.29 is 19.4 Å². The van der Waals surface area contributed by atoms with Crippen molar-refractivity contribution in [3.63, 3.8) is 0 Å². The molecule has 1 N–H and O–H groups in total. The summed E-state index contributed by atoms with van der Waals surface area (Å²) in [5, 5.41) is 11.4. The molecule has 5 heteroatoms. The number of carboxylic acids is 1. The number of ether oxygens (including phenoxy) is 2. The zero-order chi connectivity index (χ0) is 19.1. The Morgan fingerprint density at radius 3 is 2.52 bits per heavy atom. The summed E-state index contributed by atoms with van der Waals surface area (Å²) in [6, 6.07) is 19.0. The average Bonchev–Trinajstić information content (AvgIpc) is 3.20. The molecule has 0 unspecified atom stereocenters. The maximum atomic E-state index is 11.6. The summed E-state index contributed by atoms with van der Waals surface area (Å²) in [4.78, 5) is 12.3. The molecule has 1 heterocycles. The Morgan fingerprint density at radius 1 is 1.04 bits per heavy atom. The molecular formula is C22H20O4S. The number of hydrogen-bond donors (Lipinski definition) is 1. The first-order valence-corrected chi connectivity index (χ1v) is 9.47. The second-order valence-corrected chi connectivity index (χ2v) is 6.70. The van der Waals surface area contributed by atoms with E-state index >= 15 is 0 Å². The van der Waals surface area contributed by atoms with Gasteiger partial charge < -0.3 is 14.6 Å². The van der Waals surface area contributed by atoms with E-state index in [9.17, 15) is 9.90 Å². The van der Waals surface area contributed by atoms with Crippen LogP contribution in [0.15, 0.2) is 66.0 Å². The second kappa shape index (κ2) is 9.05. The SMILES string of the molecule is CCOc1cc(/C=C(\C(=O)O)c2cccs2)ccc1OCc1ccccc1. The molecule has 0 amide bonds. The van der Waals surface area contributed by atoms with Crippen molar-refractivity contribution in [2.45, 2.75) is 13.5 Å². The molecule has 27 heavy (non-hydrogen) atoms. The van der Waals surface area contributed by atoms with Gasteiger partial charge >= 0.3 is 5.97 Å². The summed E-state index contributed by atoms with van der Waals surface area (Å²) in [6.45, 7) is 2.83. The highest BCUT2D eigenvalue weighted by atomic mass is 32.1. The van der Waals surface area contributed by atoms with Crippen molar-refractivity contribution in [1.82, 2.24) is 0 Å². The lowest BCUT2D eigenvalue weighted by atomic mass is 10.1. The van der Waals surface area contributed by atoms with Gasteiger partial charge in [0.2, 0.25) is 0 Å². The van der Waals surface area contributed by atoms with Crippen LogP contribution in [0.3, 0.4) is 0 Å². The fraction of sp³-hybridized carbons (Fsp3) is 0.136. The maximum absolute atomic E-state index is 11.6. The molecule has 0 saturated carbocycles. The first-order valence-electron chi connectivity index (χ1n) is 8.60. The van der Waals surface area contributed by atoms with E-state index in [4.69, 9.17) is 9.47 Å². The molecule has 0 radical (unpaired) electrons. The Labute approximate surface area is 162 Å². The molecule has 0 fully saturated rings. The Hall–Kier alpha value is -3.05. The monoisotopic (exact) mass is 380 g/mol. The lowest BCUT2D eigenvalue weighted by molar-refractivity contribution is -0.130. The predicted octanol–water partition coefficient (Wildman–Crippen LogP) is 5.35. The summed E-state index contributed by atoms with van der Waals surface area (Å²) in [7, 11) is 0. The zero-order valence-electron chi connectivity index (χ0n) is 14.9. The minimum atomic E-state index is -0.959. The van der Waals surface area contributed by atoms with E-state index in [-0.39, 0.29) is 5.57 Å². The van der Waals surface area contributed by atoms with Gasteiger partial charge in [0.1, 0.15) is 6.61 Å². The minimum absolute atomic E-state index is 0.255. The van der Waals surface area contributed by atoms with E-state index < -0.39 is 5.97 Å². The van der Waals surface area contributed by atoms with E-state index in [0.717, 1.165) is 11.1 Å². The van der Waals surface area contributed by atoms with Crippen molar-refractivity contribution in [3.05, 3.63) is 82.0 Å². The molecule has 0 aliphatic carbocycles. The topological polar surface area (TPSA) is 55.8 Å². The molecule has 0 bridgehead atoms. The second-order valence-electron chi connectivity index (χ2n) is 5.75. The largest absolute Gasteiger partial charge is 0.490 e. The lowest BCUT2D eigenvalue weighted by Gasteiger charge is -2.13. The maximum Gasteiger partial charge on any atom is 0.337 e. The first-order chi connectivity index (χ1) is 13.2. The molecule has 3 rings (SSSR count). The van der Waals surface area contributed by atoms with E-state index in [1.165, 1.54) is 11.3 Å². The number of rotatable bonds is 8. The molecule has 2 aromatic carbocycles. The number of carboxylic acid groups (broad SMARTS) is 1. The van der Waals surface area contributed by atoms with Crippen molar-refractivity contribution in [3.8, 4) is 11.5 Å². The van der Waals surface area contributed by atoms with Gasteiger partial charge in [-0.1, -0.05) is 42.5 Å². The van der Waals surface area contributed by atoms with Crippen molar-refractivity contribution in [2.24, 2.45) is 0 Å². The highest BCUT2D eigenvalue weighted by molar-refractivity contribution is 7.11. The van der Waals surface area contributed by atoms with Gasteiger partial charge in [0, 0.05) is 4.88 Å². The van der Waals surface area contributed by atoms with Crippen molar-refractivity contribution in [1.29, 1.82) is 0 Å². The molecule has 4 nitrogen and oxygen atoms in total. The van der Waals surface area contributed by atoms with Gasteiger partial charge in [0.25, 0.3) is 0 Å². The number of aliphatic carboxylic acids is 1. The highest BCUT2D eigenvalue weighted by Gasteiger charge is 2.13. The number of thiophene rings is 1. The number of carbonyl (C=O) groups is 1. The molecular weight excluding hydrogens is 360 g/mol. The van der Waals surface area contributed by atoms with Crippen LogP contribution in [0.5, 0.6) is 11.5 Å². The molecule has 3 aromatic rings. The van der Waals surface area contributed by atoms with Crippen LogP contribution in [0.2, 0.25) is 0 Å². The van der Waals surface area contributed by atoms with Gasteiger partial charge in [-0.05, 0) is 47.7 Å². The number of benzene rings is 2. The Bertz CT molecular complexity index is 915. The summed E-state index contributed by atoms with van der Waals surface area (Å²) >= 11 is 1.40. The van der Waals surface area contributed by atoms with Crippen LogP contribution in [-0.2, 0) is 11.4 Å². The van der Waals surface area contributed by atoms with E-state index in [1.807, 2.05) is 60.8 Å². The summed E-state index contributed by atoms with van der Waals surface area (Å²) < 4.78 is 11.6. The van der Waals surface area contributed by atoms with Crippen LogP contribution < -0.4 is 9.47 Å². The van der Waals surface area contributed by atoms with E-state index in [2.05, 4.69) is 0 Å². The van der Waals surface area contributed by atoms with Crippen molar-refractivity contribution in [2.75, 3.05) is 6.61 Å². The molecule has 0 aliphatic rings. The molecule has 138 valence electrons. The Morgan fingerprint density at radius 2 is 1.85 bits per heavy atom. The van der Waals surface area contributed by atoms with Crippen LogP contribution in [-0.4, -0.2) is 17.7 Å². The molecule has 0 spiro atoms. The minimum Gasteiger partial charge on any atom is -0.490 e. The van der Waals surface area contributed by atoms with Gasteiger partial charge in [0.05, 0.1) is 12.2 Å². The highest BCUT2D eigenvalue weighted by Crippen LogP contribution is 2.31. The van der Waals surface area contributed by atoms with Gasteiger partial charge in [0.15, 0.2) is 11.5 Å². The van der Waals surface area contributed by atoms with Crippen LogP contribution in [0, 0.1) is 0 Å². The van der Waals surface area contributed by atoms with Gasteiger partial charge in [-0.2, -0.15) is 0 Å². The first kappa shape index (κ1) is 18.7. The third-order valence-electron chi connectivity index (χ3n) is 3.83. The lowest BCUT2D eigenvalue weighted by Crippen LogP contribution is -2.00. The Balaban J connectivity index is 1.86. The molecule has 1 aromatic heterocycles. The standard InChI is InChI=1S/C22H20O4S/c1-2-25-20-14-17(13-18(22(23)24)21-9-6-12-27-21)10-11-19(20)26-15-16-7-4-3-5-8-16/h3-14H,2,15H2,1H3,(H,23,24)/b18-13-. The number of hydrogen-bond acceptors (Lipinski definition) is 4. The van der Waals surface area contributed by atoms with E-state index in [1.54, 1.807) is 18.2 Å². The van der Waals surface area contributed by atoms with Gasteiger partial charge in [-0.25, -0.2) is 4.79 Å². The summed E-state index contributed by atoms with van der Waals surface area (Å²) in [5.41, 5.74) is 2.07. The normalized spacial score (nSPS) is 11.2. The Kier molecular flexibility index (Phi) is 6.28. The quantitative estimate of drug-likeness (QED) is 0.535. The average molecular weight is 380 g/mol. The molecule has 0 atom stereocenters. The third-order valence-corrected chi connectivity index (χ3v) is 4.74. The van der Waals surface area contributed by atoms with Crippen LogP contribution in [0.25, 0.3) is 11.6 Å². The predicted molar refractivity (Wildman–Crippen MR) is 108 cm³/mol. The van der Waals surface area contributed by atoms with Crippen LogP contribution >= 0.6 is 11.3 Å². The molecule has 0 saturated heterocycles. The summed E-state index contributed by atoms with van der Waals surface area (Å²) in [5.74, 6) is 0.267. The third kappa shape index (κ3) is 4.99. The van der Waals surface area contributed by atoms with Gasteiger partial charge in [-0.15, -0.1) is 11.3 Å². The van der Waals surface area contributed by atoms with Crippen LogP contribution in [0.4, 0.5) is 0 Å². The van der Waals surface area contributed by atoms with E-state index in [0.29, 0.717) is 29.6 Å². The van der Waals surface area contributed by atoms with Crippen molar-refractivity contribution >= 4 is 29.0 Å². The zero-order valence-corrected chi connectivity index (χ0v) is 15.7. The fourth-order valence-corrected chi connectivity index (χ4v) is 3.31. The van der Waals surface area contributed by atoms with Gasteiger partial charge in [-0.3, -0.25) is 0 Å². The smallest absolute Gasteiger partial charge is 0.337 e. The van der Waals surface area contributed by atoms with Crippen LogP contribution in [0.1, 0.15) is 22.9 Å².